The minimum absolute atomic E-state index is 0.0201. The van der Waals surface area contributed by atoms with Crippen LogP contribution in [0.3, 0.4) is 0 Å². The van der Waals surface area contributed by atoms with Crippen LogP contribution in [0.25, 0.3) is 21.3 Å². The quantitative estimate of drug-likeness (QED) is 0.0205. The van der Waals surface area contributed by atoms with Gasteiger partial charge >= 0.3 is 24.0 Å². The van der Waals surface area contributed by atoms with E-state index >= 15 is 0 Å². The van der Waals surface area contributed by atoms with E-state index in [0.717, 1.165) is 76.2 Å². The summed E-state index contributed by atoms with van der Waals surface area (Å²) >= 11 is 1.39. The highest BCUT2D eigenvalue weighted by Crippen LogP contribution is 2.72. The van der Waals surface area contributed by atoms with Gasteiger partial charge in [-0.15, -0.1) is 0 Å². The Labute approximate surface area is 577 Å². The van der Waals surface area contributed by atoms with Crippen molar-refractivity contribution < 1.29 is 97.4 Å². The number of benzene rings is 3. The van der Waals surface area contributed by atoms with Crippen LogP contribution in [-0.2, 0) is 69.0 Å². The van der Waals surface area contributed by atoms with Crippen molar-refractivity contribution in [3.8, 4) is 22.6 Å². The molecular weight excluding hydrogens is 1320 g/mol. The van der Waals surface area contributed by atoms with Gasteiger partial charge in [-0.05, 0) is 122 Å². The zero-order valence-corrected chi connectivity index (χ0v) is 56.2. The number of aliphatic hydroxyl groups excluding tert-OH is 3. The Morgan fingerprint density at radius 3 is 2.31 bits per heavy atom. The van der Waals surface area contributed by atoms with Gasteiger partial charge in [0.2, 0.25) is 12.2 Å². The molecule has 0 spiro atoms. The molecule has 29 nitrogen and oxygen atoms in total. The fourth-order valence-electron chi connectivity index (χ4n) is 16.2. The SMILES string of the molecule is Cc1c(-c2ccc(N3CCc4cccc(C(=O)Nc5nc6ccccc6s5)c4C3)nc2C(=O)O)cnn1CC12CC3(C)CC(C)(C1)CC(OCCN(CCC(=O)O)C(=O)OCc1ccc(OCCOCCNC(=O)CCN4C(=O)C=CC4=O)cc1O[C@@H]1O[C@H](C(=O)O)[C@@H](O)[C@H](O)[C@H]1O)(C3)C2. The minimum Gasteiger partial charge on any atom is -0.491 e. The number of carbonyl (C=O) groups excluding carboxylic acids is 5. The molecule has 7 atom stereocenters. The first-order valence-corrected chi connectivity index (χ1v) is 33.9. The number of hydrogen-bond donors (Lipinski definition) is 8. The van der Waals surface area contributed by atoms with E-state index in [4.69, 9.17) is 38.5 Å². The van der Waals surface area contributed by atoms with Gasteiger partial charge in [0.05, 0.1) is 48.3 Å². The summed E-state index contributed by atoms with van der Waals surface area (Å²) in [6, 6.07) is 21.2. The number of imide groups is 1. The number of carbonyl (C=O) groups is 8. The van der Waals surface area contributed by atoms with Crippen molar-refractivity contribution in [3.05, 3.63) is 125 Å². The standard InChI is InChI=1S/C70H79N9O20S/c1-40-46(44-13-14-51(74-56(44)62(89)90)77-21-17-41-7-6-8-45(47(41)31-77)61(88)75-65-73-48-9-4-5-10-50(48)100-65)30-72-79(40)39-69-34-67(2)33-68(3,35-69)37-70(36-67,38-69)97-26-24-76(22-19-55(83)84)66(93)96-32-42-11-12-43(29-49(42)98-64-59(87)57(85)58(86)60(99-64)63(91)92)95-28-27-94-25-20-71-52(80)18-23-78-53(81)15-16-54(78)82/h4-16,29-30,57-60,64,85-87H,17-28,31-39H2,1-3H3,(H,71,80)(H,83,84)(H,89,90)(H,91,92)(H,73,75,88)/t57-,58-,59+,60-,64+,67?,68?,69?,70?/m0/s1. The number of pyridine rings is 1. The lowest BCUT2D eigenvalue weighted by molar-refractivity contribution is -0.271. The van der Waals surface area contributed by atoms with Crippen molar-refractivity contribution >= 4 is 80.1 Å². The van der Waals surface area contributed by atoms with E-state index in [1.807, 2.05) is 59.0 Å². The number of aliphatic carboxylic acids is 2. The number of carboxylic acid groups (broad SMARTS) is 3. The average Bonchev–Trinajstić information content (AvgIpc) is 0.769. The molecule has 13 rings (SSSR count). The summed E-state index contributed by atoms with van der Waals surface area (Å²) in [4.78, 5) is 115. The number of thiazole rings is 1. The van der Waals surface area contributed by atoms with Crippen molar-refractivity contribution in [2.75, 3.05) is 69.4 Å². The Hall–Kier alpha value is -9.43. The second kappa shape index (κ2) is 29.0. The number of anilines is 2. The monoisotopic (exact) mass is 1400 g/mol. The molecular formula is C70H79N9O20S. The van der Waals surface area contributed by atoms with E-state index in [-0.39, 0.29) is 104 Å². The Morgan fingerprint density at radius 1 is 0.800 bits per heavy atom. The van der Waals surface area contributed by atoms with Gasteiger partial charge in [0.1, 0.15) is 48.8 Å². The summed E-state index contributed by atoms with van der Waals surface area (Å²) < 4.78 is 38.5. The van der Waals surface area contributed by atoms with E-state index < -0.39 is 91.1 Å². The maximum atomic E-state index is 14.1. The zero-order valence-electron chi connectivity index (χ0n) is 55.3. The Bertz CT molecular complexity index is 4130. The molecule has 4 bridgehead atoms. The van der Waals surface area contributed by atoms with Crippen molar-refractivity contribution in [3.63, 3.8) is 0 Å². The number of aliphatic hydroxyl groups is 3. The van der Waals surface area contributed by atoms with Crippen LogP contribution in [0, 0.1) is 23.2 Å². The number of carboxylic acids is 3. The van der Waals surface area contributed by atoms with Crippen LogP contribution < -0.4 is 25.0 Å². The molecule has 6 heterocycles. The molecule has 6 aromatic rings. The minimum atomic E-state index is -2.02. The maximum absolute atomic E-state index is 14.1. The number of ether oxygens (including phenoxy) is 6. The molecule has 7 aliphatic rings. The highest BCUT2D eigenvalue weighted by atomic mass is 32.1. The third-order valence-electron chi connectivity index (χ3n) is 19.6. The van der Waals surface area contributed by atoms with Gasteiger partial charge < -0.3 is 74.2 Å². The van der Waals surface area contributed by atoms with Crippen LogP contribution in [0.1, 0.15) is 108 Å². The third kappa shape index (κ3) is 15.5. The number of rotatable bonds is 29. The van der Waals surface area contributed by atoms with E-state index in [0.29, 0.717) is 60.1 Å². The number of fused-ring (bicyclic) bond motifs is 2. The summed E-state index contributed by atoms with van der Waals surface area (Å²) in [5.74, 6) is -5.25. The van der Waals surface area contributed by atoms with Crippen molar-refractivity contribution in [1.29, 1.82) is 0 Å². The van der Waals surface area contributed by atoms with Gasteiger partial charge in [-0.25, -0.2) is 24.4 Å². The zero-order chi connectivity index (χ0) is 70.8. The van der Waals surface area contributed by atoms with E-state index in [1.54, 1.807) is 18.3 Å². The van der Waals surface area contributed by atoms with Gasteiger partial charge in [0.15, 0.2) is 16.9 Å². The van der Waals surface area contributed by atoms with E-state index in [9.17, 15) is 69.0 Å². The molecule has 5 amide bonds. The number of amides is 5. The van der Waals surface area contributed by atoms with Crippen LogP contribution in [-0.4, -0.2) is 203 Å². The number of para-hydroxylation sites is 1. The number of aromatic carboxylic acids is 1. The number of aromatic nitrogens is 4. The maximum Gasteiger partial charge on any atom is 0.410 e. The van der Waals surface area contributed by atoms with Crippen LogP contribution in [0.5, 0.6) is 11.5 Å². The van der Waals surface area contributed by atoms with Crippen LogP contribution in [0.15, 0.2) is 91.1 Å². The summed E-state index contributed by atoms with van der Waals surface area (Å²) in [5, 5.41) is 73.2. The summed E-state index contributed by atoms with van der Waals surface area (Å²) in [7, 11) is 0. The second-order valence-electron chi connectivity index (χ2n) is 27.5. The predicted molar refractivity (Wildman–Crippen MR) is 356 cm³/mol. The Balaban J connectivity index is 0.688. The summed E-state index contributed by atoms with van der Waals surface area (Å²) in [6.07, 6.45) is -1.87. The first-order chi connectivity index (χ1) is 47.8. The molecule has 30 heteroatoms. The molecule has 1 saturated heterocycles. The molecule has 5 fully saturated rings. The molecule has 4 aliphatic carbocycles. The number of nitrogens with zero attached hydrogens (tertiary/aromatic N) is 7. The molecule has 2 unspecified atom stereocenters. The first kappa shape index (κ1) is 70.4. The third-order valence-corrected chi connectivity index (χ3v) is 20.5. The van der Waals surface area contributed by atoms with E-state index in [2.05, 4.69) is 29.5 Å². The fraction of sp³-hybridized carbons (Fsp3) is 0.471. The van der Waals surface area contributed by atoms with Gasteiger partial charge in [-0.2, -0.15) is 5.10 Å². The second-order valence-corrected chi connectivity index (χ2v) is 28.5. The van der Waals surface area contributed by atoms with Crippen LogP contribution in [0.2, 0.25) is 0 Å². The summed E-state index contributed by atoms with van der Waals surface area (Å²) in [6.45, 7) is 7.17. The molecule has 530 valence electrons. The molecule has 100 heavy (non-hydrogen) atoms. The molecule has 3 aliphatic heterocycles. The van der Waals surface area contributed by atoms with Crippen LogP contribution in [0.4, 0.5) is 15.7 Å². The van der Waals surface area contributed by atoms with Crippen LogP contribution >= 0.6 is 11.3 Å². The molecule has 4 saturated carbocycles. The molecule has 0 radical (unpaired) electrons. The number of nitrogens with one attached hydrogen (secondary N) is 2. The lowest BCUT2D eigenvalue weighted by Gasteiger charge is -2.69. The highest BCUT2D eigenvalue weighted by Gasteiger charge is 2.66. The van der Waals surface area contributed by atoms with Gasteiger partial charge in [0, 0.05) is 98.4 Å². The summed E-state index contributed by atoms with van der Waals surface area (Å²) in [5.41, 5.74) is 3.74. The van der Waals surface area contributed by atoms with Gasteiger partial charge in [-0.1, -0.05) is 49.4 Å². The largest absolute Gasteiger partial charge is 0.491 e. The Morgan fingerprint density at radius 2 is 1.57 bits per heavy atom. The highest BCUT2D eigenvalue weighted by molar-refractivity contribution is 7.22. The molecule has 3 aromatic carbocycles. The first-order valence-electron chi connectivity index (χ1n) is 33.1. The van der Waals surface area contributed by atoms with Crippen molar-refractivity contribution in [1.82, 2.24) is 34.9 Å². The number of hydrogen-bond acceptors (Lipinski definition) is 22. The average molecular weight is 1400 g/mol. The van der Waals surface area contributed by atoms with Gasteiger partial charge in [-0.3, -0.25) is 38.9 Å². The van der Waals surface area contributed by atoms with Crippen molar-refractivity contribution in [2.45, 2.75) is 135 Å². The van der Waals surface area contributed by atoms with E-state index in [1.165, 1.54) is 34.4 Å². The normalized spacial score (nSPS) is 25.0. The fourth-order valence-corrected chi connectivity index (χ4v) is 17.1. The smallest absolute Gasteiger partial charge is 0.410 e. The topological polar surface area (TPSA) is 391 Å². The molecule has 8 N–H and O–H groups in total. The lowest BCUT2D eigenvalue weighted by Crippen LogP contribution is -2.64. The predicted octanol–water partition coefficient (Wildman–Crippen LogP) is 5.72. The van der Waals surface area contributed by atoms with Gasteiger partial charge in [0.25, 0.3) is 17.7 Å². The molecule has 3 aromatic heterocycles. The van der Waals surface area contributed by atoms with Crippen molar-refractivity contribution in [2.24, 2.45) is 16.2 Å². The lowest BCUT2D eigenvalue weighted by atomic mass is 9.39. The Kier molecular flexibility index (Phi) is 20.4.